The molecule has 0 aromatic carbocycles. The lowest BCUT2D eigenvalue weighted by atomic mass is 9.97. The minimum absolute atomic E-state index is 0.221. The van der Waals surface area contributed by atoms with Crippen LogP contribution in [0, 0.1) is 12.3 Å². The van der Waals surface area contributed by atoms with Crippen LogP contribution in [0.2, 0.25) is 0 Å². The minimum atomic E-state index is -1.60. The fourth-order valence-electron chi connectivity index (χ4n) is 1.32. The maximum Gasteiger partial charge on any atom is 0.259 e. The van der Waals surface area contributed by atoms with E-state index < -0.39 is 17.4 Å². The van der Waals surface area contributed by atoms with Crippen LogP contribution in [-0.2, 0) is 9.59 Å². The third-order valence-corrected chi connectivity index (χ3v) is 2.20. The van der Waals surface area contributed by atoms with Gasteiger partial charge in [0.05, 0.1) is 0 Å². The van der Waals surface area contributed by atoms with Crippen LogP contribution in [0.15, 0.2) is 12.2 Å². The van der Waals surface area contributed by atoms with E-state index in [4.69, 9.17) is 17.9 Å². The largest absolute Gasteiger partial charge is 0.366 e. The van der Waals surface area contributed by atoms with Crippen LogP contribution >= 0.6 is 0 Å². The fourth-order valence-corrected chi connectivity index (χ4v) is 1.32. The van der Waals surface area contributed by atoms with Crippen molar-refractivity contribution in [2.45, 2.75) is 38.3 Å². The Morgan fingerprint density at radius 1 is 1.59 bits per heavy atom. The maximum atomic E-state index is 11.3. The van der Waals surface area contributed by atoms with Crippen molar-refractivity contribution < 1.29 is 9.59 Å². The van der Waals surface area contributed by atoms with E-state index in [-0.39, 0.29) is 6.04 Å². The number of nitrogens with two attached hydrogens (primary N) is 2. The summed E-state index contributed by atoms with van der Waals surface area (Å²) < 4.78 is 0. The molecule has 0 aromatic heterocycles. The van der Waals surface area contributed by atoms with Crippen LogP contribution in [-0.4, -0.2) is 23.4 Å². The molecular formula is C12H19N3O2. The molecule has 0 saturated heterocycles. The molecule has 0 aliphatic heterocycles. The Kier molecular flexibility index (Phi) is 6.00. The molecule has 0 aliphatic carbocycles. The van der Waals surface area contributed by atoms with Crippen LogP contribution in [0.4, 0.5) is 0 Å². The first-order valence-electron chi connectivity index (χ1n) is 5.39. The molecule has 94 valence electrons. The third-order valence-electron chi connectivity index (χ3n) is 2.20. The molecule has 0 spiro atoms. The topological polar surface area (TPSA) is 98.2 Å². The summed E-state index contributed by atoms with van der Waals surface area (Å²) in [6.45, 7) is 3.25. The normalized spacial score (nSPS) is 15.9. The molecule has 2 atom stereocenters. The highest BCUT2D eigenvalue weighted by atomic mass is 16.2. The lowest BCUT2D eigenvalue weighted by Gasteiger charge is -2.22. The Bertz CT molecular complexity index is 357. The number of terminal acetylenes is 1. The van der Waals surface area contributed by atoms with Gasteiger partial charge in [-0.15, -0.1) is 6.42 Å². The standard InChI is InChI=1S/C12H19N3O2/c1-4-6-10(13)7-8-12(5-2,11(14)17)15-9(3)16/h2,7-8,10H,4,6,13H2,1,3H3,(H2,14,17)(H,15,16). The predicted molar refractivity (Wildman–Crippen MR) is 66.6 cm³/mol. The Labute approximate surface area is 102 Å². The van der Waals surface area contributed by atoms with Gasteiger partial charge in [0.25, 0.3) is 5.91 Å². The summed E-state index contributed by atoms with van der Waals surface area (Å²) in [6.07, 6.45) is 9.89. The van der Waals surface area contributed by atoms with Crippen LogP contribution in [0.1, 0.15) is 26.7 Å². The van der Waals surface area contributed by atoms with Crippen molar-refractivity contribution in [2.24, 2.45) is 11.5 Å². The molecule has 0 fully saturated rings. The van der Waals surface area contributed by atoms with Crippen molar-refractivity contribution in [3.63, 3.8) is 0 Å². The summed E-state index contributed by atoms with van der Waals surface area (Å²) in [6, 6.07) is -0.221. The number of amides is 2. The molecular weight excluding hydrogens is 218 g/mol. The first-order chi connectivity index (χ1) is 7.88. The molecule has 17 heavy (non-hydrogen) atoms. The Morgan fingerprint density at radius 3 is 2.53 bits per heavy atom. The number of carbonyl (C=O) groups excluding carboxylic acids is 2. The van der Waals surface area contributed by atoms with Crippen molar-refractivity contribution >= 4 is 11.8 Å². The van der Waals surface area contributed by atoms with Crippen LogP contribution < -0.4 is 16.8 Å². The zero-order valence-corrected chi connectivity index (χ0v) is 10.2. The van der Waals surface area contributed by atoms with E-state index in [2.05, 4.69) is 11.2 Å². The van der Waals surface area contributed by atoms with E-state index in [0.717, 1.165) is 12.8 Å². The highest BCUT2D eigenvalue weighted by molar-refractivity contribution is 5.95. The first-order valence-corrected chi connectivity index (χ1v) is 5.39. The van der Waals surface area contributed by atoms with Crippen molar-refractivity contribution in [1.82, 2.24) is 5.32 Å². The molecule has 0 heterocycles. The van der Waals surface area contributed by atoms with E-state index in [0.29, 0.717) is 0 Å². The quantitative estimate of drug-likeness (QED) is 0.435. The molecule has 5 heteroatoms. The fraction of sp³-hybridized carbons (Fsp3) is 0.500. The lowest BCUT2D eigenvalue weighted by molar-refractivity contribution is -0.127. The summed E-state index contributed by atoms with van der Waals surface area (Å²) in [5.74, 6) is 0.950. The summed E-state index contributed by atoms with van der Waals surface area (Å²) in [7, 11) is 0. The van der Waals surface area contributed by atoms with Gasteiger partial charge < -0.3 is 16.8 Å². The van der Waals surface area contributed by atoms with Crippen molar-refractivity contribution in [1.29, 1.82) is 0 Å². The number of rotatable bonds is 6. The van der Waals surface area contributed by atoms with E-state index in [9.17, 15) is 9.59 Å². The van der Waals surface area contributed by atoms with Crippen molar-refractivity contribution in [3.8, 4) is 12.3 Å². The monoisotopic (exact) mass is 237 g/mol. The molecule has 0 bridgehead atoms. The number of nitrogens with one attached hydrogen (secondary N) is 1. The second kappa shape index (κ2) is 6.71. The van der Waals surface area contributed by atoms with E-state index in [1.807, 2.05) is 6.92 Å². The summed E-state index contributed by atoms with van der Waals surface area (Å²) in [5.41, 5.74) is 9.36. The second-order valence-corrected chi connectivity index (χ2v) is 3.81. The number of hydrogen-bond acceptors (Lipinski definition) is 3. The summed E-state index contributed by atoms with van der Waals surface area (Å²) in [5, 5.41) is 2.35. The molecule has 2 amide bonds. The molecule has 5 nitrogen and oxygen atoms in total. The van der Waals surface area contributed by atoms with E-state index in [1.165, 1.54) is 13.0 Å². The molecule has 0 rings (SSSR count). The van der Waals surface area contributed by atoms with Gasteiger partial charge in [0.2, 0.25) is 5.91 Å². The van der Waals surface area contributed by atoms with Gasteiger partial charge in [0, 0.05) is 13.0 Å². The van der Waals surface area contributed by atoms with Crippen molar-refractivity contribution in [3.05, 3.63) is 12.2 Å². The van der Waals surface area contributed by atoms with Gasteiger partial charge in [-0.2, -0.15) is 0 Å². The van der Waals surface area contributed by atoms with Gasteiger partial charge in [-0.05, 0) is 12.5 Å². The highest BCUT2D eigenvalue weighted by Crippen LogP contribution is 2.07. The molecule has 2 unspecified atom stereocenters. The van der Waals surface area contributed by atoms with E-state index >= 15 is 0 Å². The zero-order valence-electron chi connectivity index (χ0n) is 10.2. The maximum absolute atomic E-state index is 11.3. The Hall–Kier alpha value is -1.80. The average molecular weight is 237 g/mol. The molecule has 0 aromatic rings. The lowest BCUT2D eigenvalue weighted by Crippen LogP contribution is -2.54. The van der Waals surface area contributed by atoms with Gasteiger partial charge >= 0.3 is 0 Å². The summed E-state index contributed by atoms with van der Waals surface area (Å²) in [4.78, 5) is 22.3. The average Bonchev–Trinajstić information content (AvgIpc) is 2.23. The Balaban J connectivity index is 5.00. The van der Waals surface area contributed by atoms with Gasteiger partial charge in [-0.3, -0.25) is 9.59 Å². The van der Waals surface area contributed by atoms with E-state index in [1.54, 1.807) is 6.08 Å². The van der Waals surface area contributed by atoms with Crippen LogP contribution in [0.3, 0.4) is 0 Å². The minimum Gasteiger partial charge on any atom is -0.366 e. The van der Waals surface area contributed by atoms with Gasteiger partial charge in [0.15, 0.2) is 5.54 Å². The number of hydrogen-bond donors (Lipinski definition) is 3. The SMILES string of the molecule is C#CC(C=CC(N)CCC)(NC(C)=O)C(N)=O. The first kappa shape index (κ1) is 15.2. The summed E-state index contributed by atoms with van der Waals surface area (Å²) >= 11 is 0. The molecule has 0 aliphatic rings. The molecule has 5 N–H and O–H groups in total. The molecule has 0 saturated carbocycles. The Morgan fingerprint density at radius 2 is 2.18 bits per heavy atom. The number of carbonyl (C=O) groups is 2. The highest BCUT2D eigenvalue weighted by Gasteiger charge is 2.32. The zero-order chi connectivity index (χ0) is 13.5. The van der Waals surface area contributed by atoms with Crippen LogP contribution in [0.25, 0.3) is 0 Å². The number of primary amides is 1. The van der Waals surface area contributed by atoms with Crippen molar-refractivity contribution in [2.75, 3.05) is 0 Å². The van der Waals surface area contributed by atoms with Gasteiger partial charge in [-0.1, -0.05) is 25.3 Å². The smallest absolute Gasteiger partial charge is 0.259 e. The van der Waals surface area contributed by atoms with Crippen LogP contribution in [0.5, 0.6) is 0 Å². The predicted octanol–water partition coefficient (Wildman–Crippen LogP) is -0.337. The van der Waals surface area contributed by atoms with Gasteiger partial charge in [-0.25, -0.2) is 0 Å². The second-order valence-electron chi connectivity index (χ2n) is 3.81. The molecule has 0 radical (unpaired) electrons. The van der Waals surface area contributed by atoms with Gasteiger partial charge in [0.1, 0.15) is 0 Å². The third kappa shape index (κ3) is 4.70.